The zero-order chi connectivity index (χ0) is 11.7. The number of halogens is 1. The largest absolute Gasteiger partial charge is 0.275 e. The van der Waals surface area contributed by atoms with E-state index in [1.54, 1.807) is 4.68 Å². The lowest BCUT2D eigenvalue weighted by Crippen LogP contribution is -2.02. The topological polar surface area (TPSA) is 34.9 Å². The van der Waals surface area contributed by atoms with E-state index in [4.69, 9.17) is 11.6 Å². The van der Waals surface area contributed by atoms with Crippen molar-refractivity contribution in [3.8, 4) is 5.69 Å². The standard InChI is InChI=1S/C12H11ClN2O/c1-8-5-3-4-6-11(8)15-9(2)10(7-14-15)12(13)16/h3-7H,1-2H3. The Balaban J connectivity index is 2.58. The Labute approximate surface area is 98.7 Å². The first-order valence-corrected chi connectivity index (χ1v) is 5.29. The van der Waals surface area contributed by atoms with Crippen molar-refractivity contribution >= 4 is 16.8 Å². The smallest absolute Gasteiger partial charge is 0.255 e. The Morgan fingerprint density at radius 1 is 1.31 bits per heavy atom. The first kappa shape index (κ1) is 10.9. The fraction of sp³-hybridized carbons (Fsp3) is 0.167. The van der Waals surface area contributed by atoms with E-state index in [2.05, 4.69) is 5.10 Å². The quantitative estimate of drug-likeness (QED) is 0.749. The predicted octanol–water partition coefficient (Wildman–Crippen LogP) is 2.87. The zero-order valence-electron chi connectivity index (χ0n) is 9.07. The van der Waals surface area contributed by atoms with Gasteiger partial charge in [0.1, 0.15) is 0 Å². The molecular weight excluding hydrogens is 224 g/mol. The van der Waals surface area contributed by atoms with Crippen LogP contribution in [-0.4, -0.2) is 15.0 Å². The van der Waals surface area contributed by atoms with E-state index in [-0.39, 0.29) is 0 Å². The first-order chi connectivity index (χ1) is 7.61. The van der Waals surface area contributed by atoms with Crippen LogP contribution in [0.3, 0.4) is 0 Å². The van der Waals surface area contributed by atoms with Gasteiger partial charge in [0.15, 0.2) is 0 Å². The van der Waals surface area contributed by atoms with E-state index < -0.39 is 5.24 Å². The van der Waals surface area contributed by atoms with Crippen LogP contribution >= 0.6 is 11.6 Å². The molecule has 0 radical (unpaired) electrons. The molecule has 4 heteroatoms. The van der Waals surface area contributed by atoms with Crippen molar-refractivity contribution in [2.45, 2.75) is 13.8 Å². The molecule has 2 aromatic rings. The summed E-state index contributed by atoms with van der Waals surface area (Å²) in [6.45, 7) is 3.83. The molecule has 0 spiro atoms. The van der Waals surface area contributed by atoms with Gasteiger partial charge in [0.25, 0.3) is 5.24 Å². The fourth-order valence-electron chi connectivity index (χ4n) is 1.65. The predicted molar refractivity (Wildman–Crippen MR) is 63.2 cm³/mol. The second kappa shape index (κ2) is 4.10. The SMILES string of the molecule is Cc1ccccc1-n1ncc(C(=O)Cl)c1C. The molecule has 0 N–H and O–H groups in total. The summed E-state index contributed by atoms with van der Waals surface area (Å²) in [5.74, 6) is 0. The van der Waals surface area contributed by atoms with Gasteiger partial charge in [-0.15, -0.1) is 0 Å². The number of hydrogen-bond acceptors (Lipinski definition) is 2. The van der Waals surface area contributed by atoms with Gasteiger partial charge in [-0.3, -0.25) is 4.79 Å². The maximum Gasteiger partial charge on any atom is 0.255 e. The molecule has 1 heterocycles. The summed E-state index contributed by atoms with van der Waals surface area (Å²) >= 11 is 5.46. The van der Waals surface area contributed by atoms with Crippen molar-refractivity contribution in [2.24, 2.45) is 0 Å². The minimum atomic E-state index is -0.475. The van der Waals surface area contributed by atoms with Crippen LogP contribution in [0.25, 0.3) is 5.69 Å². The molecule has 0 saturated carbocycles. The monoisotopic (exact) mass is 234 g/mol. The number of aromatic nitrogens is 2. The molecule has 0 atom stereocenters. The lowest BCUT2D eigenvalue weighted by molar-refractivity contribution is 0.108. The Kier molecular flexibility index (Phi) is 2.79. The van der Waals surface area contributed by atoms with E-state index in [0.717, 1.165) is 16.9 Å². The van der Waals surface area contributed by atoms with Gasteiger partial charge in [-0.05, 0) is 37.1 Å². The molecule has 0 aliphatic rings. The van der Waals surface area contributed by atoms with E-state index >= 15 is 0 Å². The van der Waals surface area contributed by atoms with Crippen LogP contribution in [-0.2, 0) is 0 Å². The Morgan fingerprint density at radius 3 is 2.56 bits per heavy atom. The van der Waals surface area contributed by atoms with Crippen LogP contribution in [0, 0.1) is 13.8 Å². The highest BCUT2D eigenvalue weighted by atomic mass is 35.5. The van der Waals surface area contributed by atoms with Gasteiger partial charge in [0, 0.05) is 0 Å². The van der Waals surface area contributed by atoms with Crippen molar-refractivity contribution in [3.05, 3.63) is 47.3 Å². The van der Waals surface area contributed by atoms with Gasteiger partial charge in [-0.2, -0.15) is 5.10 Å². The molecule has 16 heavy (non-hydrogen) atoms. The lowest BCUT2D eigenvalue weighted by Gasteiger charge is -2.07. The molecule has 0 fully saturated rings. The molecule has 1 aromatic heterocycles. The first-order valence-electron chi connectivity index (χ1n) is 4.91. The summed E-state index contributed by atoms with van der Waals surface area (Å²) in [5.41, 5.74) is 3.27. The number of hydrogen-bond donors (Lipinski definition) is 0. The van der Waals surface area contributed by atoms with Crippen molar-refractivity contribution < 1.29 is 4.79 Å². The normalized spacial score (nSPS) is 10.4. The number of aryl methyl sites for hydroxylation is 1. The highest BCUT2D eigenvalue weighted by molar-refractivity contribution is 6.67. The van der Waals surface area contributed by atoms with E-state index in [1.807, 2.05) is 38.1 Å². The number of rotatable bonds is 2. The van der Waals surface area contributed by atoms with Gasteiger partial charge in [-0.25, -0.2) is 4.68 Å². The van der Waals surface area contributed by atoms with Gasteiger partial charge in [0.2, 0.25) is 0 Å². The second-order valence-corrected chi connectivity index (χ2v) is 3.96. The minimum absolute atomic E-state index is 0.449. The number of carbonyl (C=O) groups is 1. The van der Waals surface area contributed by atoms with Crippen molar-refractivity contribution in [3.63, 3.8) is 0 Å². The summed E-state index contributed by atoms with van der Waals surface area (Å²) < 4.78 is 1.73. The third-order valence-corrected chi connectivity index (χ3v) is 2.77. The molecule has 0 bridgehead atoms. The van der Waals surface area contributed by atoms with Gasteiger partial charge >= 0.3 is 0 Å². The van der Waals surface area contributed by atoms with Gasteiger partial charge < -0.3 is 0 Å². The number of benzene rings is 1. The Hall–Kier alpha value is -1.61. The summed E-state index contributed by atoms with van der Waals surface area (Å²) in [6.07, 6.45) is 1.50. The van der Waals surface area contributed by atoms with Crippen molar-refractivity contribution in [1.29, 1.82) is 0 Å². The van der Waals surface area contributed by atoms with Crippen LogP contribution < -0.4 is 0 Å². The average Bonchev–Trinajstić information content (AvgIpc) is 2.61. The van der Waals surface area contributed by atoms with Crippen LogP contribution in [0.5, 0.6) is 0 Å². The molecule has 0 saturated heterocycles. The van der Waals surface area contributed by atoms with E-state index in [0.29, 0.717) is 5.56 Å². The molecule has 2 rings (SSSR count). The van der Waals surface area contributed by atoms with Crippen molar-refractivity contribution in [2.75, 3.05) is 0 Å². The Morgan fingerprint density at radius 2 is 2.00 bits per heavy atom. The minimum Gasteiger partial charge on any atom is -0.275 e. The van der Waals surface area contributed by atoms with Gasteiger partial charge in [0.05, 0.1) is 23.1 Å². The van der Waals surface area contributed by atoms with E-state index in [9.17, 15) is 4.79 Å². The molecular formula is C12H11ClN2O. The van der Waals surface area contributed by atoms with Gasteiger partial charge in [-0.1, -0.05) is 18.2 Å². The zero-order valence-corrected chi connectivity index (χ0v) is 9.82. The number of carbonyl (C=O) groups excluding carboxylic acids is 1. The molecule has 3 nitrogen and oxygen atoms in total. The van der Waals surface area contributed by atoms with Crippen LogP contribution in [0.4, 0.5) is 0 Å². The average molecular weight is 235 g/mol. The maximum atomic E-state index is 11.1. The number of nitrogens with zero attached hydrogens (tertiary/aromatic N) is 2. The maximum absolute atomic E-state index is 11.1. The lowest BCUT2D eigenvalue weighted by atomic mass is 10.2. The highest BCUT2D eigenvalue weighted by Gasteiger charge is 2.13. The molecule has 0 amide bonds. The Bertz CT molecular complexity index is 546. The number of para-hydroxylation sites is 1. The van der Waals surface area contributed by atoms with Crippen LogP contribution in [0.15, 0.2) is 30.5 Å². The summed E-state index contributed by atoms with van der Waals surface area (Å²) in [5, 5.41) is 3.70. The molecule has 0 aliphatic heterocycles. The summed E-state index contributed by atoms with van der Waals surface area (Å²) in [7, 11) is 0. The molecule has 0 aliphatic carbocycles. The molecule has 1 aromatic carbocycles. The van der Waals surface area contributed by atoms with Crippen molar-refractivity contribution in [1.82, 2.24) is 9.78 Å². The third-order valence-electron chi connectivity index (χ3n) is 2.57. The molecule has 0 unspecified atom stereocenters. The third kappa shape index (κ3) is 1.74. The molecule has 82 valence electrons. The summed E-state index contributed by atoms with van der Waals surface area (Å²) in [4.78, 5) is 11.1. The highest BCUT2D eigenvalue weighted by Crippen LogP contribution is 2.18. The van der Waals surface area contributed by atoms with Crippen LogP contribution in [0.2, 0.25) is 0 Å². The second-order valence-electron chi connectivity index (χ2n) is 3.62. The van der Waals surface area contributed by atoms with Crippen LogP contribution in [0.1, 0.15) is 21.6 Å². The van der Waals surface area contributed by atoms with E-state index in [1.165, 1.54) is 6.20 Å². The summed E-state index contributed by atoms with van der Waals surface area (Å²) in [6, 6.07) is 7.85. The fourth-order valence-corrected chi connectivity index (χ4v) is 1.83.